The Bertz CT molecular complexity index is 413. The summed E-state index contributed by atoms with van der Waals surface area (Å²) in [6.07, 6.45) is 0.910. The van der Waals surface area contributed by atoms with Crippen LogP contribution in [0.15, 0.2) is 24.3 Å². The van der Waals surface area contributed by atoms with Crippen LogP contribution in [0.4, 0.5) is 5.69 Å². The fourth-order valence-corrected chi connectivity index (χ4v) is 1.48. The number of rotatable bonds is 6. The quantitative estimate of drug-likeness (QED) is 0.786. The molecule has 1 rings (SSSR count). The smallest absolute Gasteiger partial charge is 0.322 e. The molecule has 0 aliphatic heterocycles. The van der Waals surface area contributed by atoms with Gasteiger partial charge < -0.3 is 15.3 Å². The van der Waals surface area contributed by atoms with Crippen LogP contribution < -0.4 is 10.2 Å². The van der Waals surface area contributed by atoms with Gasteiger partial charge in [0.1, 0.15) is 6.54 Å². The summed E-state index contributed by atoms with van der Waals surface area (Å²) in [5.41, 5.74) is 2.17. The summed E-state index contributed by atoms with van der Waals surface area (Å²) in [5, 5.41) is 10.7. The zero-order valence-electron chi connectivity index (χ0n) is 10.6. The SMILES string of the molecule is CN(C)c1ccc(CCC(=O)NCC(=O)O)cc1. The Balaban J connectivity index is 2.39. The summed E-state index contributed by atoms with van der Waals surface area (Å²) < 4.78 is 0. The lowest BCUT2D eigenvalue weighted by molar-refractivity contribution is -0.137. The number of nitrogens with one attached hydrogen (secondary N) is 1. The number of amides is 1. The Kier molecular flexibility index (Phi) is 5.17. The van der Waals surface area contributed by atoms with Crippen molar-refractivity contribution in [2.75, 3.05) is 25.5 Å². The van der Waals surface area contributed by atoms with Crippen LogP contribution in [-0.4, -0.2) is 37.6 Å². The number of carboxylic acid groups (broad SMARTS) is 1. The van der Waals surface area contributed by atoms with Crippen molar-refractivity contribution in [2.24, 2.45) is 0 Å². The second-order valence-corrected chi connectivity index (χ2v) is 4.23. The third kappa shape index (κ3) is 4.86. The molecule has 5 nitrogen and oxygen atoms in total. The molecule has 0 saturated heterocycles. The number of hydrogen-bond donors (Lipinski definition) is 2. The van der Waals surface area contributed by atoms with Gasteiger partial charge in [-0.15, -0.1) is 0 Å². The van der Waals surface area contributed by atoms with Crippen molar-refractivity contribution in [3.8, 4) is 0 Å². The van der Waals surface area contributed by atoms with Crippen LogP contribution >= 0.6 is 0 Å². The molecule has 1 aromatic rings. The number of hydrogen-bond acceptors (Lipinski definition) is 3. The molecule has 0 aromatic heterocycles. The minimum atomic E-state index is -1.03. The first-order chi connectivity index (χ1) is 8.49. The van der Waals surface area contributed by atoms with Gasteiger partial charge in [0.15, 0.2) is 0 Å². The van der Waals surface area contributed by atoms with Crippen LogP contribution in [0.5, 0.6) is 0 Å². The average molecular weight is 250 g/mol. The fraction of sp³-hybridized carbons (Fsp3) is 0.385. The highest BCUT2D eigenvalue weighted by atomic mass is 16.4. The molecule has 0 radical (unpaired) electrons. The number of nitrogens with zero attached hydrogens (tertiary/aromatic N) is 1. The highest BCUT2D eigenvalue weighted by Gasteiger charge is 2.04. The standard InChI is InChI=1S/C13H18N2O3/c1-15(2)11-6-3-10(4-7-11)5-8-12(16)14-9-13(17)18/h3-4,6-7H,5,8-9H2,1-2H3,(H,14,16)(H,17,18). The molecule has 5 heteroatoms. The maximum atomic E-state index is 11.3. The second kappa shape index (κ2) is 6.64. The van der Waals surface area contributed by atoms with Gasteiger partial charge in [0.2, 0.25) is 5.91 Å². The predicted molar refractivity (Wildman–Crippen MR) is 69.7 cm³/mol. The number of carbonyl (C=O) groups is 2. The van der Waals surface area contributed by atoms with E-state index in [1.54, 1.807) is 0 Å². The van der Waals surface area contributed by atoms with Crippen LogP contribution in [-0.2, 0) is 16.0 Å². The molecule has 0 bridgehead atoms. The van der Waals surface area contributed by atoms with E-state index in [2.05, 4.69) is 5.32 Å². The molecule has 0 fully saturated rings. The van der Waals surface area contributed by atoms with E-state index in [1.807, 2.05) is 43.3 Å². The highest BCUT2D eigenvalue weighted by Crippen LogP contribution is 2.13. The van der Waals surface area contributed by atoms with Crippen LogP contribution in [0.2, 0.25) is 0 Å². The van der Waals surface area contributed by atoms with Gasteiger partial charge in [-0.2, -0.15) is 0 Å². The Labute approximate surface area is 106 Å². The third-order valence-corrected chi connectivity index (χ3v) is 2.53. The van der Waals surface area contributed by atoms with Crippen LogP contribution in [0.3, 0.4) is 0 Å². The van der Waals surface area contributed by atoms with Crippen molar-refractivity contribution < 1.29 is 14.7 Å². The molecule has 0 aliphatic rings. The van der Waals surface area contributed by atoms with Crippen LogP contribution in [0.25, 0.3) is 0 Å². The maximum Gasteiger partial charge on any atom is 0.322 e. The number of aryl methyl sites for hydroxylation is 1. The van der Waals surface area contributed by atoms with Gasteiger partial charge in [-0.3, -0.25) is 9.59 Å². The summed E-state index contributed by atoms with van der Waals surface area (Å²) in [6.45, 7) is -0.321. The molecule has 1 aromatic carbocycles. The number of anilines is 1. The van der Waals surface area contributed by atoms with Crippen molar-refractivity contribution in [3.63, 3.8) is 0 Å². The summed E-state index contributed by atoms with van der Waals surface area (Å²) in [7, 11) is 3.93. The molecule has 0 heterocycles. The topological polar surface area (TPSA) is 69.6 Å². The van der Waals surface area contributed by atoms with Gasteiger partial charge in [0.25, 0.3) is 0 Å². The Hall–Kier alpha value is -2.04. The van der Waals surface area contributed by atoms with E-state index in [9.17, 15) is 9.59 Å². The molecular formula is C13H18N2O3. The first-order valence-electron chi connectivity index (χ1n) is 5.74. The van der Waals surface area contributed by atoms with E-state index in [4.69, 9.17) is 5.11 Å². The molecule has 2 N–H and O–H groups in total. The molecular weight excluding hydrogens is 232 g/mol. The number of aliphatic carboxylic acids is 1. The van der Waals surface area contributed by atoms with Gasteiger partial charge in [0.05, 0.1) is 0 Å². The zero-order chi connectivity index (χ0) is 13.5. The predicted octanol–water partition coefficient (Wildman–Crippen LogP) is 0.886. The van der Waals surface area contributed by atoms with E-state index < -0.39 is 5.97 Å². The van der Waals surface area contributed by atoms with E-state index >= 15 is 0 Å². The van der Waals surface area contributed by atoms with Crippen molar-refractivity contribution in [1.82, 2.24) is 5.32 Å². The van der Waals surface area contributed by atoms with Gasteiger partial charge >= 0.3 is 5.97 Å². The molecule has 98 valence electrons. The Morgan fingerprint density at radius 1 is 1.22 bits per heavy atom. The normalized spacial score (nSPS) is 9.89. The first-order valence-corrected chi connectivity index (χ1v) is 5.74. The number of carboxylic acids is 1. The van der Waals surface area contributed by atoms with Crippen molar-refractivity contribution in [1.29, 1.82) is 0 Å². The Morgan fingerprint density at radius 3 is 2.33 bits per heavy atom. The molecule has 1 amide bonds. The lowest BCUT2D eigenvalue weighted by Crippen LogP contribution is -2.29. The van der Waals surface area contributed by atoms with E-state index in [0.717, 1.165) is 11.3 Å². The monoisotopic (exact) mass is 250 g/mol. The summed E-state index contributed by atoms with van der Waals surface area (Å²) in [5.74, 6) is -1.27. The summed E-state index contributed by atoms with van der Waals surface area (Å²) in [4.78, 5) is 23.6. The van der Waals surface area contributed by atoms with Crippen LogP contribution in [0, 0.1) is 0 Å². The molecule has 0 saturated carbocycles. The molecule has 0 spiro atoms. The summed E-state index contributed by atoms with van der Waals surface area (Å²) >= 11 is 0. The lowest BCUT2D eigenvalue weighted by Gasteiger charge is -2.12. The molecule has 0 aliphatic carbocycles. The number of carbonyl (C=O) groups excluding carboxylic acids is 1. The second-order valence-electron chi connectivity index (χ2n) is 4.23. The molecule has 0 atom stereocenters. The van der Waals surface area contributed by atoms with Crippen LogP contribution in [0.1, 0.15) is 12.0 Å². The van der Waals surface area contributed by atoms with E-state index in [0.29, 0.717) is 12.8 Å². The van der Waals surface area contributed by atoms with Gasteiger partial charge in [-0.25, -0.2) is 0 Å². The summed E-state index contributed by atoms with van der Waals surface area (Å²) in [6, 6.07) is 7.93. The van der Waals surface area contributed by atoms with E-state index in [1.165, 1.54) is 0 Å². The minimum absolute atomic E-state index is 0.242. The number of benzene rings is 1. The highest BCUT2D eigenvalue weighted by molar-refractivity contribution is 5.81. The minimum Gasteiger partial charge on any atom is -0.480 e. The van der Waals surface area contributed by atoms with Gasteiger partial charge in [-0.05, 0) is 24.1 Å². The van der Waals surface area contributed by atoms with Crippen molar-refractivity contribution in [3.05, 3.63) is 29.8 Å². The zero-order valence-corrected chi connectivity index (χ0v) is 10.6. The lowest BCUT2D eigenvalue weighted by atomic mass is 10.1. The van der Waals surface area contributed by atoms with E-state index in [-0.39, 0.29) is 12.5 Å². The average Bonchev–Trinajstić information content (AvgIpc) is 2.34. The van der Waals surface area contributed by atoms with Crippen molar-refractivity contribution >= 4 is 17.6 Å². The molecule has 18 heavy (non-hydrogen) atoms. The first kappa shape index (κ1) is 14.0. The molecule has 0 unspecified atom stereocenters. The largest absolute Gasteiger partial charge is 0.480 e. The van der Waals surface area contributed by atoms with Gasteiger partial charge in [-0.1, -0.05) is 12.1 Å². The Morgan fingerprint density at radius 2 is 1.83 bits per heavy atom. The maximum absolute atomic E-state index is 11.3. The fourth-order valence-electron chi connectivity index (χ4n) is 1.48. The third-order valence-electron chi connectivity index (χ3n) is 2.53. The van der Waals surface area contributed by atoms with Crippen molar-refractivity contribution in [2.45, 2.75) is 12.8 Å². The van der Waals surface area contributed by atoms with Gasteiger partial charge in [0, 0.05) is 26.2 Å².